The van der Waals surface area contributed by atoms with Crippen molar-refractivity contribution in [3.05, 3.63) is 69.2 Å². The van der Waals surface area contributed by atoms with Crippen LogP contribution in [0.1, 0.15) is 50.2 Å². The largest absolute Gasteiger partial charge is 0.430 e. The SMILES string of the molecule is CC(C)(CCNS(C)(=O)=O)C[C@@H]1N[C@H](OC(=O)NCC[C@H](O)CO)[C@H](c2cccc(Cl)c2F)[C@@]1(C#N)c1ccc(Cl)cc1F. The Morgan fingerprint density at radius 2 is 1.95 bits per heavy atom. The fraction of sp³-hybridized carbons (Fsp3) is 0.517. The Kier molecular flexibility index (Phi) is 12.0. The highest BCUT2D eigenvalue weighted by Gasteiger charge is 2.61. The number of halogens is 4. The minimum Gasteiger partial charge on any atom is -0.430 e. The van der Waals surface area contributed by atoms with Gasteiger partial charge in [-0.05, 0) is 48.4 Å². The molecule has 242 valence electrons. The van der Waals surface area contributed by atoms with E-state index in [0.717, 1.165) is 12.3 Å². The molecule has 1 amide bonds. The summed E-state index contributed by atoms with van der Waals surface area (Å²) in [6, 6.07) is 9.19. The van der Waals surface area contributed by atoms with Gasteiger partial charge < -0.3 is 20.3 Å². The number of nitrogens with zero attached hydrogens (tertiary/aromatic N) is 1. The van der Waals surface area contributed by atoms with Crippen LogP contribution in [0.15, 0.2) is 36.4 Å². The first-order chi connectivity index (χ1) is 20.5. The lowest BCUT2D eigenvalue weighted by Gasteiger charge is -2.38. The molecule has 1 aliphatic heterocycles. The Morgan fingerprint density at radius 3 is 2.57 bits per heavy atom. The fourth-order valence-electron chi connectivity index (χ4n) is 5.58. The van der Waals surface area contributed by atoms with Gasteiger partial charge in [0.05, 0.1) is 36.0 Å². The van der Waals surface area contributed by atoms with Gasteiger partial charge in [0.15, 0.2) is 6.23 Å². The average Bonchev–Trinajstić information content (AvgIpc) is 3.21. The van der Waals surface area contributed by atoms with Gasteiger partial charge in [0.2, 0.25) is 10.0 Å². The number of nitriles is 1. The van der Waals surface area contributed by atoms with E-state index in [-0.39, 0.29) is 47.1 Å². The molecule has 2 aromatic rings. The predicted molar refractivity (Wildman–Crippen MR) is 162 cm³/mol. The Balaban J connectivity index is 2.14. The normalized spacial score (nSPS) is 22.8. The first-order valence-corrected chi connectivity index (χ1v) is 16.4. The molecule has 1 saturated heterocycles. The van der Waals surface area contributed by atoms with Crippen molar-refractivity contribution in [1.82, 2.24) is 15.4 Å². The van der Waals surface area contributed by atoms with E-state index in [1.165, 1.54) is 30.3 Å². The van der Waals surface area contributed by atoms with Crippen LogP contribution in [-0.4, -0.2) is 69.0 Å². The van der Waals surface area contributed by atoms with Gasteiger partial charge in [0, 0.05) is 29.7 Å². The van der Waals surface area contributed by atoms with Gasteiger partial charge in [-0.1, -0.05) is 55.2 Å². The number of benzene rings is 2. The smallest absolute Gasteiger partial charge is 0.408 e. The Labute approximate surface area is 265 Å². The Morgan fingerprint density at radius 1 is 1.25 bits per heavy atom. The maximum absolute atomic E-state index is 15.8. The number of rotatable bonds is 13. The number of hydrogen-bond donors (Lipinski definition) is 5. The third-order valence-corrected chi connectivity index (χ3v) is 8.96. The molecular weight excluding hydrogens is 641 g/mol. The minimum atomic E-state index is -3.47. The third-order valence-electron chi connectivity index (χ3n) is 7.70. The standard InChI is InChI=1S/C29H36Cl2F2N4O6S/c1-28(2,10-12-36-44(3,41)42)14-23-29(16-34,20-8-7-17(30)13-22(20)32)24(19-5-4-6-21(31)25(19)33)26(37-23)43-27(40)35-11-9-18(39)15-38/h4-8,13,18,23-24,26,36-39H,9-12,14-15H2,1-3H3,(H,35,40)/t18-,23-,24-,26+,29-/m0/s1. The zero-order chi connectivity index (χ0) is 32.9. The van der Waals surface area contributed by atoms with Gasteiger partial charge in [-0.2, -0.15) is 5.26 Å². The number of aliphatic hydroxyl groups is 2. The average molecular weight is 678 g/mol. The molecule has 3 rings (SSSR count). The topological polar surface area (TPSA) is 161 Å². The van der Waals surface area contributed by atoms with Crippen LogP contribution in [0, 0.1) is 28.4 Å². The molecule has 0 radical (unpaired) electrons. The summed E-state index contributed by atoms with van der Waals surface area (Å²) in [6.45, 7) is 3.18. The molecule has 5 atom stereocenters. The number of ether oxygens (including phenoxy) is 1. The molecule has 0 unspecified atom stereocenters. The molecule has 2 aromatic carbocycles. The highest BCUT2D eigenvalue weighted by molar-refractivity contribution is 7.88. The van der Waals surface area contributed by atoms with Crippen molar-refractivity contribution in [2.45, 2.75) is 62.8 Å². The van der Waals surface area contributed by atoms with Crippen molar-refractivity contribution in [2.75, 3.05) is 26.0 Å². The summed E-state index contributed by atoms with van der Waals surface area (Å²) < 4.78 is 63.0. The van der Waals surface area contributed by atoms with Gasteiger partial charge in [0.1, 0.15) is 17.0 Å². The summed E-state index contributed by atoms with van der Waals surface area (Å²) in [7, 11) is -3.47. The number of hydrogen-bond acceptors (Lipinski definition) is 8. The first kappa shape index (κ1) is 35.9. The highest BCUT2D eigenvalue weighted by atomic mass is 35.5. The molecule has 15 heteroatoms. The fourth-order valence-corrected chi connectivity index (χ4v) is 6.39. The zero-order valence-electron chi connectivity index (χ0n) is 24.4. The summed E-state index contributed by atoms with van der Waals surface area (Å²) in [5, 5.41) is 35.0. The van der Waals surface area contributed by atoms with E-state index in [4.69, 9.17) is 33.0 Å². The molecule has 10 nitrogen and oxygen atoms in total. The summed E-state index contributed by atoms with van der Waals surface area (Å²) in [5.41, 5.74) is -2.78. The van der Waals surface area contributed by atoms with Crippen LogP contribution in [0.2, 0.25) is 10.0 Å². The second-order valence-electron chi connectivity index (χ2n) is 11.6. The van der Waals surface area contributed by atoms with E-state index < -0.39 is 69.5 Å². The van der Waals surface area contributed by atoms with Crippen LogP contribution in [0.3, 0.4) is 0 Å². The maximum atomic E-state index is 15.8. The molecule has 1 heterocycles. The van der Waals surface area contributed by atoms with Crippen LogP contribution in [0.5, 0.6) is 0 Å². The summed E-state index contributed by atoms with van der Waals surface area (Å²) in [6.07, 6.45) is -1.92. The molecule has 0 bridgehead atoms. The molecule has 44 heavy (non-hydrogen) atoms. The number of sulfonamides is 1. The van der Waals surface area contributed by atoms with E-state index in [0.29, 0.717) is 6.42 Å². The highest BCUT2D eigenvalue weighted by Crippen LogP contribution is 2.53. The molecule has 5 N–H and O–H groups in total. The lowest BCUT2D eigenvalue weighted by Crippen LogP contribution is -2.45. The quantitative estimate of drug-likeness (QED) is 0.213. The summed E-state index contributed by atoms with van der Waals surface area (Å²) in [5.74, 6) is -3.05. The second kappa shape index (κ2) is 14.7. The summed E-state index contributed by atoms with van der Waals surface area (Å²) >= 11 is 12.2. The summed E-state index contributed by atoms with van der Waals surface area (Å²) in [4.78, 5) is 12.9. The Bertz CT molecular complexity index is 1490. The zero-order valence-corrected chi connectivity index (χ0v) is 26.7. The van der Waals surface area contributed by atoms with Gasteiger partial charge >= 0.3 is 6.09 Å². The molecule has 0 aromatic heterocycles. The van der Waals surface area contributed by atoms with Crippen molar-refractivity contribution in [3.8, 4) is 6.07 Å². The molecule has 1 fully saturated rings. The van der Waals surface area contributed by atoms with Gasteiger partial charge in [0.25, 0.3) is 0 Å². The molecule has 0 spiro atoms. The van der Waals surface area contributed by atoms with E-state index in [9.17, 15) is 23.6 Å². The van der Waals surface area contributed by atoms with E-state index in [1.54, 1.807) is 0 Å². The molecule has 0 saturated carbocycles. The van der Waals surface area contributed by atoms with Crippen LogP contribution in [0.25, 0.3) is 0 Å². The van der Waals surface area contributed by atoms with Crippen LogP contribution >= 0.6 is 23.2 Å². The number of carbonyl (C=O) groups excluding carboxylic acids is 1. The van der Waals surface area contributed by atoms with Crippen LogP contribution in [0.4, 0.5) is 13.6 Å². The lowest BCUT2D eigenvalue weighted by molar-refractivity contribution is 0.0683. The monoisotopic (exact) mass is 676 g/mol. The number of nitrogens with one attached hydrogen (secondary N) is 3. The molecule has 0 aliphatic carbocycles. The van der Waals surface area contributed by atoms with Crippen molar-refractivity contribution < 1.29 is 36.9 Å². The van der Waals surface area contributed by atoms with Crippen molar-refractivity contribution in [1.29, 1.82) is 5.26 Å². The Hall–Kier alpha value is -2.57. The van der Waals surface area contributed by atoms with Gasteiger partial charge in [-0.15, -0.1) is 0 Å². The number of alkyl carbamates (subject to hydrolysis) is 1. The number of carbonyl (C=O) groups is 1. The number of amides is 1. The minimum absolute atomic E-state index is 0.0203. The maximum Gasteiger partial charge on any atom is 0.408 e. The van der Waals surface area contributed by atoms with Gasteiger partial charge in [-0.25, -0.2) is 26.7 Å². The third kappa shape index (κ3) is 8.57. The van der Waals surface area contributed by atoms with Crippen LogP contribution < -0.4 is 15.4 Å². The second-order valence-corrected chi connectivity index (χ2v) is 14.3. The van der Waals surface area contributed by atoms with Crippen molar-refractivity contribution in [2.24, 2.45) is 5.41 Å². The number of aliphatic hydroxyl groups excluding tert-OH is 2. The predicted octanol–water partition coefficient (Wildman–Crippen LogP) is 3.94. The van der Waals surface area contributed by atoms with Crippen molar-refractivity contribution >= 4 is 39.3 Å². The molecular formula is C29H36Cl2F2N4O6S. The van der Waals surface area contributed by atoms with Gasteiger partial charge in [-0.3, -0.25) is 5.32 Å². The van der Waals surface area contributed by atoms with Crippen LogP contribution in [-0.2, 0) is 20.2 Å². The van der Waals surface area contributed by atoms with Crippen molar-refractivity contribution in [3.63, 3.8) is 0 Å². The van der Waals surface area contributed by atoms with E-state index >= 15 is 8.78 Å². The molecule has 1 aliphatic rings. The first-order valence-electron chi connectivity index (χ1n) is 13.8. The van der Waals surface area contributed by atoms with E-state index in [2.05, 4.69) is 21.4 Å². The van der Waals surface area contributed by atoms with E-state index in [1.807, 2.05) is 13.8 Å². The lowest BCUT2D eigenvalue weighted by atomic mass is 9.63.